The molecule has 3 aromatic rings. The molecule has 33 heavy (non-hydrogen) atoms. The minimum Gasteiger partial charge on any atom is -0.467 e. The lowest BCUT2D eigenvalue weighted by Crippen LogP contribution is -2.43. The fourth-order valence-electron chi connectivity index (χ4n) is 3.70. The number of sulfonamides is 1. The van der Waals surface area contributed by atoms with E-state index in [4.69, 9.17) is 4.42 Å². The van der Waals surface area contributed by atoms with E-state index in [0.717, 1.165) is 0 Å². The molecular formula is C20H25N7O5S. The number of nitrogens with zero attached hydrogens (tertiary/aromatic N) is 5. The van der Waals surface area contributed by atoms with Crippen LogP contribution < -0.4 is 10.6 Å². The number of anilines is 1. The van der Waals surface area contributed by atoms with Gasteiger partial charge in [-0.2, -0.15) is 14.5 Å². The van der Waals surface area contributed by atoms with Crippen LogP contribution in [0.25, 0.3) is 0 Å². The minimum atomic E-state index is -3.75. The normalized spacial score (nSPS) is 17.1. The van der Waals surface area contributed by atoms with E-state index in [0.29, 0.717) is 25.1 Å². The number of aryl methyl sites for hydroxylation is 2. The van der Waals surface area contributed by atoms with Crippen LogP contribution in [0.15, 0.2) is 46.3 Å². The molecule has 3 aromatic heterocycles. The van der Waals surface area contributed by atoms with Gasteiger partial charge >= 0.3 is 0 Å². The number of carbonyl (C=O) groups excluding carboxylic acids is 2. The Kier molecular flexibility index (Phi) is 6.33. The molecule has 1 fully saturated rings. The zero-order valence-electron chi connectivity index (χ0n) is 18.3. The van der Waals surface area contributed by atoms with E-state index in [2.05, 4.69) is 20.8 Å². The summed E-state index contributed by atoms with van der Waals surface area (Å²) in [7, 11) is -0.465. The maximum atomic E-state index is 13.0. The summed E-state index contributed by atoms with van der Waals surface area (Å²) in [6.07, 6.45) is 6.85. The van der Waals surface area contributed by atoms with Gasteiger partial charge < -0.3 is 15.1 Å². The van der Waals surface area contributed by atoms with Crippen molar-refractivity contribution in [1.29, 1.82) is 0 Å². The molecule has 0 aromatic carbocycles. The van der Waals surface area contributed by atoms with Crippen molar-refractivity contribution in [3.05, 3.63) is 48.4 Å². The van der Waals surface area contributed by atoms with Gasteiger partial charge in [0.25, 0.3) is 5.91 Å². The summed E-state index contributed by atoms with van der Waals surface area (Å²) in [6.45, 7) is 0.553. The van der Waals surface area contributed by atoms with Gasteiger partial charge in [-0.05, 0) is 25.0 Å². The highest BCUT2D eigenvalue weighted by Gasteiger charge is 2.34. The second kappa shape index (κ2) is 9.19. The number of rotatable bonds is 7. The molecule has 176 valence electrons. The fourth-order valence-corrected chi connectivity index (χ4v) is 5.21. The Labute approximate surface area is 190 Å². The standard InChI is InChI=1S/C20H25N7O5S/c1-25-12-16(10-22-25)33(30,31)27-7-3-5-14(11-27)19(28)23-17-13-26(2)24-18(17)20(29)21-9-15-6-4-8-32-15/h4,6,8,10,12-14H,3,5,7,9,11H2,1-2H3,(H,21,29)(H,23,28)/t14-/m0/s1. The average molecular weight is 476 g/mol. The summed E-state index contributed by atoms with van der Waals surface area (Å²) in [5, 5.41) is 13.5. The van der Waals surface area contributed by atoms with Crippen molar-refractivity contribution in [2.24, 2.45) is 20.0 Å². The van der Waals surface area contributed by atoms with Crippen molar-refractivity contribution >= 4 is 27.5 Å². The summed E-state index contributed by atoms with van der Waals surface area (Å²) in [4.78, 5) is 25.7. The second-order valence-corrected chi connectivity index (χ2v) is 9.81. The first-order valence-corrected chi connectivity index (χ1v) is 11.8. The average Bonchev–Trinajstić information content (AvgIpc) is 3.54. The van der Waals surface area contributed by atoms with Gasteiger partial charge in [-0.15, -0.1) is 0 Å². The van der Waals surface area contributed by atoms with Gasteiger partial charge in [0.05, 0.1) is 30.6 Å². The molecule has 0 radical (unpaired) electrons. The summed E-state index contributed by atoms with van der Waals surface area (Å²) in [5.74, 6) is -0.813. The summed E-state index contributed by atoms with van der Waals surface area (Å²) < 4.78 is 35.2. The SMILES string of the molecule is Cn1cc(S(=O)(=O)N2CCC[C@H](C(=O)Nc3cn(C)nc3C(=O)NCc3ccco3)C2)cn1. The number of hydrogen-bond donors (Lipinski definition) is 2. The maximum Gasteiger partial charge on any atom is 0.274 e. The molecule has 0 saturated carbocycles. The van der Waals surface area contributed by atoms with Crippen LogP contribution in [-0.2, 0) is 35.5 Å². The Balaban J connectivity index is 1.43. The Morgan fingerprint density at radius 2 is 2.06 bits per heavy atom. The van der Waals surface area contributed by atoms with Crippen molar-refractivity contribution in [1.82, 2.24) is 29.2 Å². The Hall–Kier alpha value is -3.45. The summed E-state index contributed by atoms with van der Waals surface area (Å²) in [6, 6.07) is 3.45. The lowest BCUT2D eigenvalue weighted by molar-refractivity contribution is -0.120. The quantitative estimate of drug-likeness (QED) is 0.512. The van der Waals surface area contributed by atoms with Gasteiger partial charge in [0.1, 0.15) is 10.7 Å². The van der Waals surface area contributed by atoms with Crippen LogP contribution in [0.2, 0.25) is 0 Å². The van der Waals surface area contributed by atoms with Gasteiger partial charge in [-0.25, -0.2) is 8.42 Å². The first kappa shape index (κ1) is 22.7. The number of piperidine rings is 1. The minimum absolute atomic E-state index is 0.0450. The molecule has 2 N–H and O–H groups in total. The fraction of sp³-hybridized carbons (Fsp3) is 0.400. The molecule has 4 rings (SSSR count). The molecule has 1 atom stereocenters. The van der Waals surface area contributed by atoms with Gasteiger partial charge in [0, 0.05) is 39.6 Å². The monoisotopic (exact) mass is 475 g/mol. The second-order valence-electron chi connectivity index (χ2n) is 7.87. The molecule has 1 aliphatic heterocycles. The lowest BCUT2D eigenvalue weighted by Gasteiger charge is -2.30. The van der Waals surface area contributed by atoms with Crippen LogP contribution >= 0.6 is 0 Å². The van der Waals surface area contributed by atoms with Crippen LogP contribution in [-0.4, -0.2) is 57.2 Å². The highest BCUT2D eigenvalue weighted by molar-refractivity contribution is 7.89. The molecule has 1 saturated heterocycles. The molecule has 12 nitrogen and oxygen atoms in total. The number of furan rings is 1. The zero-order valence-corrected chi connectivity index (χ0v) is 19.1. The smallest absolute Gasteiger partial charge is 0.274 e. The summed E-state index contributed by atoms with van der Waals surface area (Å²) in [5.41, 5.74) is 0.319. The summed E-state index contributed by atoms with van der Waals surface area (Å²) >= 11 is 0. The van der Waals surface area contributed by atoms with Crippen LogP contribution in [0.4, 0.5) is 5.69 Å². The molecule has 13 heteroatoms. The number of amides is 2. The molecule has 0 bridgehead atoms. The number of hydrogen-bond acceptors (Lipinski definition) is 7. The first-order chi connectivity index (χ1) is 15.7. The van der Waals surface area contributed by atoms with Gasteiger partial charge in [0.2, 0.25) is 15.9 Å². The van der Waals surface area contributed by atoms with Crippen LogP contribution in [0.5, 0.6) is 0 Å². The van der Waals surface area contributed by atoms with Crippen molar-refractivity contribution in [3.63, 3.8) is 0 Å². The van der Waals surface area contributed by atoms with Crippen LogP contribution in [0.1, 0.15) is 29.1 Å². The van der Waals surface area contributed by atoms with Gasteiger partial charge in [0.15, 0.2) is 5.69 Å². The molecule has 0 unspecified atom stereocenters. The van der Waals surface area contributed by atoms with E-state index in [1.807, 2.05) is 0 Å². The highest BCUT2D eigenvalue weighted by atomic mass is 32.2. The molecule has 4 heterocycles. The largest absolute Gasteiger partial charge is 0.467 e. The predicted octanol–water partition coefficient (Wildman–Crippen LogP) is 0.716. The number of nitrogens with one attached hydrogen (secondary N) is 2. The Bertz CT molecular complexity index is 1250. The third-order valence-corrected chi connectivity index (χ3v) is 7.20. The van der Waals surface area contributed by atoms with Crippen LogP contribution in [0.3, 0.4) is 0 Å². The van der Waals surface area contributed by atoms with E-state index in [9.17, 15) is 18.0 Å². The Morgan fingerprint density at radius 1 is 1.24 bits per heavy atom. The zero-order chi connectivity index (χ0) is 23.6. The molecule has 0 aliphatic carbocycles. The Morgan fingerprint density at radius 3 is 2.76 bits per heavy atom. The third kappa shape index (κ3) is 4.98. The van der Waals surface area contributed by atoms with E-state index >= 15 is 0 Å². The first-order valence-electron chi connectivity index (χ1n) is 10.4. The third-order valence-electron chi connectivity index (χ3n) is 5.38. The van der Waals surface area contributed by atoms with Crippen molar-refractivity contribution in [3.8, 4) is 0 Å². The van der Waals surface area contributed by atoms with Gasteiger partial charge in [-0.1, -0.05) is 0 Å². The van der Waals surface area contributed by atoms with E-state index in [1.54, 1.807) is 26.2 Å². The molecule has 0 spiro atoms. The lowest BCUT2D eigenvalue weighted by atomic mass is 9.99. The predicted molar refractivity (Wildman–Crippen MR) is 116 cm³/mol. The number of aromatic nitrogens is 4. The molecule has 1 aliphatic rings. The highest BCUT2D eigenvalue weighted by Crippen LogP contribution is 2.25. The van der Waals surface area contributed by atoms with Crippen LogP contribution in [0, 0.1) is 5.92 Å². The van der Waals surface area contributed by atoms with E-state index in [-0.39, 0.29) is 35.3 Å². The van der Waals surface area contributed by atoms with Gasteiger partial charge in [-0.3, -0.25) is 19.0 Å². The van der Waals surface area contributed by atoms with Crippen molar-refractivity contribution in [2.75, 3.05) is 18.4 Å². The van der Waals surface area contributed by atoms with E-state index in [1.165, 1.54) is 38.5 Å². The number of carbonyl (C=O) groups is 2. The molecular weight excluding hydrogens is 450 g/mol. The van der Waals surface area contributed by atoms with Crippen molar-refractivity contribution in [2.45, 2.75) is 24.3 Å². The maximum absolute atomic E-state index is 13.0. The van der Waals surface area contributed by atoms with E-state index < -0.39 is 21.8 Å². The topological polar surface area (TPSA) is 144 Å². The van der Waals surface area contributed by atoms with Crippen molar-refractivity contribution < 1.29 is 22.4 Å². The molecule has 2 amide bonds.